The molecule has 0 spiro atoms. The first-order valence-electron chi connectivity index (χ1n) is 10.5. The first-order valence-corrected chi connectivity index (χ1v) is 10.5. The van der Waals surface area contributed by atoms with Gasteiger partial charge in [-0.1, -0.05) is 56.3 Å². The molecule has 0 aliphatic carbocycles. The van der Waals surface area contributed by atoms with E-state index in [1.54, 1.807) is 30.5 Å². The summed E-state index contributed by atoms with van der Waals surface area (Å²) in [4.78, 5) is 24.1. The van der Waals surface area contributed by atoms with E-state index in [0.717, 1.165) is 16.9 Å². The van der Waals surface area contributed by atoms with E-state index in [9.17, 15) is 9.59 Å². The molecule has 32 heavy (non-hydrogen) atoms. The lowest BCUT2D eigenvalue weighted by molar-refractivity contribution is -0.116. The summed E-state index contributed by atoms with van der Waals surface area (Å²) in [7, 11) is 0. The molecule has 0 unspecified atom stereocenters. The summed E-state index contributed by atoms with van der Waals surface area (Å²) in [6.45, 7) is 4.45. The van der Waals surface area contributed by atoms with Gasteiger partial charge in [0.25, 0.3) is 5.91 Å². The fraction of sp³-hybridized carbons (Fsp3) is 0.192. The number of benzene rings is 3. The van der Waals surface area contributed by atoms with Crippen LogP contribution in [0.1, 0.15) is 41.8 Å². The number of rotatable bonds is 9. The van der Waals surface area contributed by atoms with E-state index in [0.29, 0.717) is 24.3 Å². The summed E-state index contributed by atoms with van der Waals surface area (Å²) in [5.41, 5.74) is 5.51. The Balaban J connectivity index is 1.51. The summed E-state index contributed by atoms with van der Waals surface area (Å²) in [5.74, 6) is 0.628. The zero-order valence-corrected chi connectivity index (χ0v) is 18.2. The molecule has 3 rings (SSSR count). The van der Waals surface area contributed by atoms with Gasteiger partial charge >= 0.3 is 0 Å². The molecule has 6 heteroatoms. The molecule has 0 fully saturated rings. The summed E-state index contributed by atoms with van der Waals surface area (Å²) in [5, 5.41) is 6.85. The average molecular weight is 430 g/mol. The van der Waals surface area contributed by atoms with E-state index >= 15 is 0 Å². The third-order valence-electron chi connectivity index (χ3n) is 4.51. The molecule has 0 aromatic heterocycles. The van der Waals surface area contributed by atoms with Crippen LogP contribution in [0.25, 0.3) is 0 Å². The van der Waals surface area contributed by atoms with Crippen LogP contribution in [0.15, 0.2) is 84.0 Å². The number of carbonyl (C=O) groups is 2. The highest BCUT2D eigenvalue weighted by Crippen LogP contribution is 2.14. The minimum absolute atomic E-state index is 0.0446. The van der Waals surface area contributed by atoms with Crippen LogP contribution >= 0.6 is 0 Å². The second-order valence-electron chi connectivity index (χ2n) is 7.77. The maximum absolute atomic E-state index is 12.3. The van der Waals surface area contributed by atoms with Crippen LogP contribution in [0, 0.1) is 5.92 Å². The lowest BCUT2D eigenvalue weighted by Crippen LogP contribution is -2.18. The topological polar surface area (TPSA) is 79.8 Å². The van der Waals surface area contributed by atoms with Crippen molar-refractivity contribution in [2.45, 2.75) is 26.9 Å². The molecule has 2 amide bonds. The fourth-order valence-electron chi connectivity index (χ4n) is 2.94. The largest absolute Gasteiger partial charge is 0.489 e. The fourth-order valence-corrected chi connectivity index (χ4v) is 2.94. The van der Waals surface area contributed by atoms with Gasteiger partial charge in [0, 0.05) is 17.7 Å². The number of hydrogen-bond donors (Lipinski definition) is 2. The second-order valence-corrected chi connectivity index (χ2v) is 7.77. The van der Waals surface area contributed by atoms with Crippen molar-refractivity contribution in [3.8, 4) is 5.75 Å². The molecule has 0 radical (unpaired) electrons. The molecule has 0 aliphatic rings. The van der Waals surface area contributed by atoms with E-state index in [2.05, 4.69) is 15.8 Å². The number of carbonyl (C=O) groups excluding carboxylic acids is 2. The van der Waals surface area contributed by atoms with Crippen molar-refractivity contribution in [2.75, 3.05) is 5.32 Å². The van der Waals surface area contributed by atoms with Crippen molar-refractivity contribution in [1.29, 1.82) is 0 Å². The summed E-state index contributed by atoms with van der Waals surface area (Å²) < 4.78 is 5.81. The molecule has 0 saturated heterocycles. The molecule has 0 bridgehead atoms. The molecule has 0 heterocycles. The minimum Gasteiger partial charge on any atom is -0.489 e. The standard InChI is InChI=1S/C26H27N3O3/c1-19(2)15-25(30)28-23-13-11-22(12-14-23)26(31)29-27-17-21-9-6-10-24(16-21)32-18-20-7-4-3-5-8-20/h3-14,16-17,19H,15,18H2,1-2H3,(H,28,30)(H,29,31). The number of hydrogen-bond acceptors (Lipinski definition) is 4. The quantitative estimate of drug-likeness (QED) is 0.370. The summed E-state index contributed by atoms with van der Waals surface area (Å²) >= 11 is 0. The van der Waals surface area contributed by atoms with Crippen molar-refractivity contribution in [3.05, 3.63) is 95.6 Å². The molecule has 3 aromatic carbocycles. The van der Waals surface area contributed by atoms with Crippen LogP contribution in [0.3, 0.4) is 0 Å². The molecule has 0 atom stereocenters. The van der Waals surface area contributed by atoms with Crippen LogP contribution < -0.4 is 15.5 Å². The number of nitrogens with one attached hydrogen (secondary N) is 2. The number of amides is 2. The van der Waals surface area contributed by atoms with Gasteiger partial charge in [0.1, 0.15) is 12.4 Å². The van der Waals surface area contributed by atoms with Gasteiger partial charge in [0.15, 0.2) is 0 Å². The number of nitrogens with zero attached hydrogens (tertiary/aromatic N) is 1. The van der Waals surface area contributed by atoms with E-state index in [4.69, 9.17) is 4.74 Å². The number of anilines is 1. The minimum atomic E-state index is -0.335. The normalized spacial score (nSPS) is 10.8. The van der Waals surface area contributed by atoms with Gasteiger partial charge in [-0.3, -0.25) is 9.59 Å². The Morgan fingerprint density at radius 2 is 1.72 bits per heavy atom. The smallest absolute Gasteiger partial charge is 0.271 e. The van der Waals surface area contributed by atoms with Gasteiger partial charge in [0.05, 0.1) is 6.21 Å². The van der Waals surface area contributed by atoms with Crippen molar-refractivity contribution in [2.24, 2.45) is 11.0 Å². The lowest BCUT2D eigenvalue weighted by atomic mass is 10.1. The van der Waals surface area contributed by atoms with E-state index in [1.807, 2.05) is 68.4 Å². The molecule has 0 aliphatic heterocycles. The molecule has 6 nitrogen and oxygen atoms in total. The van der Waals surface area contributed by atoms with E-state index in [-0.39, 0.29) is 17.7 Å². The van der Waals surface area contributed by atoms with Gasteiger partial charge in [-0.15, -0.1) is 0 Å². The zero-order chi connectivity index (χ0) is 22.8. The highest BCUT2D eigenvalue weighted by Gasteiger charge is 2.07. The highest BCUT2D eigenvalue weighted by atomic mass is 16.5. The Morgan fingerprint density at radius 1 is 0.969 bits per heavy atom. The number of hydrazone groups is 1. The Kier molecular flexibility index (Phi) is 8.15. The predicted octanol–water partition coefficient (Wildman–Crippen LogP) is 5.01. The molecule has 0 saturated carbocycles. The monoisotopic (exact) mass is 429 g/mol. The van der Waals surface area contributed by atoms with Gasteiger partial charge in [-0.05, 0) is 53.4 Å². The Labute approximate surface area is 188 Å². The van der Waals surface area contributed by atoms with Crippen LogP contribution in [0.2, 0.25) is 0 Å². The summed E-state index contributed by atoms with van der Waals surface area (Å²) in [6.07, 6.45) is 2.02. The molecule has 164 valence electrons. The highest BCUT2D eigenvalue weighted by molar-refractivity contribution is 5.96. The summed E-state index contributed by atoms with van der Waals surface area (Å²) in [6, 6.07) is 24.1. The van der Waals surface area contributed by atoms with Crippen molar-refractivity contribution in [3.63, 3.8) is 0 Å². The van der Waals surface area contributed by atoms with Crippen molar-refractivity contribution < 1.29 is 14.3 Å². The molecule has 2 N–H and O–H groups in total. The first kappa shape index (κ1) is 22.7. The maximum Gasteiger partial charge on any atom is 0.271 e. The van der Waals surface area contributed by atoms with E-state index in [1.165, 1.54) is 0 Å². The Hall–Kier alpha value is -3.93. The first-order chi connectivity index (χ1) is 15.5. The second kappa shape index (κ2) is 11.5. The predicted molar refractivity (Wildman–Crippen MR) is 127 cm³/mol. The van der Waals surface area contributed by atoms with Gasteiger partial charge in [-0.2, -0.15) is 5.10 Å². The maximum atomic E-state index is 12.3. The number of ether oxygens (including phenoxy) is 1. The van der Waals surface area contributed by atoms with E-state index < -0.39 is 0 Å². The Morgan fingerprint density at radius 3 is 2.44 bits per heavy atom. The third kappa shape index (κ3) is 7.40. The molecular weight excluding hydrogens is 402 g/mol. The van der Waals surface area contributed by atoms with Gasteiger partial charge < -0.3 is 10.1 Å². The van der Waals surface area contributed by atoms with Gasteiger partial charge in [0.2, 0.25) is 5.91 Å². The van der Waals surface area contributed by atoms with Crippen LogP contribution in [-0.2, 0) is 11.4 Å². The van der Waals surface area contributed by atoms with Gasteiger partial charge in [-0.25, -0.2) is 5.43 Å². The molecular formula is C26H27N3O3. The molecule has 3 aromatic rings. The van der Waals surface area contributed by atoms with Crippen LogP contribution in [0.4, 0.5) is 5.69 Å². The van der Waals surface area contributed by atoms with Crippen LogP contribution in [0.5, 0.6) is 5.75 Å². The van der Waals surface area contributed by atoms with Crippen molar-refractivity contribution in [1.82, 2.24) is 5.43 Å². The SMILES string of the molecule is CC(C)CC(=O)Nc1ccc(C(=O)NN=Cc2cccc(OCc3ccccc3)c2)cc1. The average Bonchev–Trinajstić information content (AvgIpc) is 2.78. The zero-order valence-electron chi connectivity index (χ0n) is 18.2. The van der Waals surface area contributed by atoms with Crippen molar-refractivity contribution >= 4 is 23.7 Å². The third-order valence-corrected chi connectivity index (χ3v) is 4.51. The Bertz CT molecular complexity index is 1060. The lowest BCUT2D eigenvalue weighted by Gasteiger charge is -2.08. The van der Waals surface area contributed by atoms with Crippen LogP contribution in [-0.4, -0.2) is 18.0 Å².